The van der Waals surface area contributed by atoms with E-state index in [9.17, 15) is 17.2 Å². The third-order valence-corrected chi connectivity index (χ3v) is 6.58. The molecule has 1 aliphatic carbocycles. The van der Waals surface area contributed by atoms with Crippen molar-refractivity contribution < 1.29 is 17.2 Å². The molecule has 0 amide bonds. The quantitative estimate of drug-likeness (QED) is 0.525. The third kappa shape index (κ3) is 4.44. The fraction of sp³-hybridized carbons (Fsp3) is 0.238. The maximum Gasteiger partial charge on any atom is 0.243 e. The first-order valence-corrected chi connectivity index (χ1v) is 11.5. The van der Waals surface area contributed by atoms with E-state index < -0.39 is 26.6 Å². The lowest BCUT2D eigenvalue weighted by Crippen LogP contribution is -2.16. The second-order valence-electron chi connectivity index (χ2n) is 7.43. The molecule has 3 aromatic rings. The molecule has 152 valence electrons. The fourth-order valence-corrected chi connectivity index (χ4v) is 4.66. The molecule has 4 nitrogen and oxygen atoms in total. The summed E-state index contributed by atoms with van der Waals surface area (Å²) in [5.74, 6) is -1.72. The van der Waals surface area contributed by atoms with Crippen LogP contribution in [0.15, 0.2) is 52.0 Å². The summed E-state index contributed by atoms with van der Waals surface area (Å²) >= 11 is 3.48. The van der Waals surface area contributed by atoms with Gasteiger partial charge >= 0.3 is 0 Å². The van der Waals surface area contributed by atoms with Crippen LogP contribution in [0.2, 0.25) is 0 Å². The van der Waals surface area contributed by atoms with E-state index in [1.165, 1.54) is 12.8 Å². The molecular weight excluding hydrogens is 462 g/mol. The van der Waals surface area contributed by atoms with E-state index in [1.54, 1.807) is 0 Å². The summed E-state index contributed by atoms with van der Waals surface area (Å²) in [7, 11) is -4.48. The Balaban J connectivity index is 1.77. The SMILES string of the molecule is NS(=O)(=O)c1c(F)cc(Cc2c(-c3cccc(Br)c3)c[nH]c2CC2CC2)cc1F. The fourth-order valence-electron chi connectivity index (χ4n) is 3.59. The van der Waals surface area contributed by atoms with Crippen molar-refractivity contribution in [1.82, 2.24) is 4.98 Å². The van der Waals surface area contributed by atoms with Gasteiger partial charge in [-0.3, -0.25) is 0 Å². The molecule has 0 radical (unpaired) electrons. The van der Waals surface area contributed by atoms with Crippen molar-refractivity contribution >= 4 is 26.0 Å². The first-order chi connectivity index (χ1) is 13.7. The maximum absolute atomic E-state index is 14.3. The predicted octanol–water partition coefficient (Wildman–Crippen LogP) is 4.91. The summed E-state index contributed by atoms with van der Waals surface area (Å²) < 4.78 is 52.5. The van der Waals surface area contributed by atoms with Crippen LogP contribution in [0.1, 0.15) is 29.7 Å². The van der Waals surface area contributed by atoms with Gasteiger partial charge in [-0.25, -0.2) is 22.3 Å². The number of nitrogens with two attached hydrogens (primary N) is 1. The molecule has 1 aromatic heterocycles. The summed E-state index contributed by atoms with van der Waals surface area (Å²) in [6.45, 7) is 0. The van der Waals surface area contributed by atoms with Crippen LogP contribution in [0, 0.1) is 17.6 Å². The van der Waals surface area contributed by atoms with Gasteiger partial charge in [0.2, 0.25) is 10.0 Å². The van der Waals surface area contributed by atoms with Gasteiger partial charge in [-0.1, -0.05) is 28.1 Å². The smallest absolute Gasteiger partial charge is 0.243 e. The number of rotatable bonds is 6. The number of H-pyrrole nitrogens is 1. The minimum Gasteiger partial charge on any atom is -0.364 e. The van der Waals surface area contributed by atoms with Crippen molar-refractivity contribution in [3.8, 4) is 11.1 Å². The highest BCUT2D eigenvalue weighted by atomic mass is 79.9. The number of nitrogens with one attached hydrogen (secondary N) is 1. The van der Waals surface area contributed by atoms with Crippen LogP contribution < -0.4 is 5.14 Å². The molecule has 1 saturated carbocycles. The third-order valence-electron chi connectivity index (χ3n) is 5.13. The number of benzene rings is 2. The van der Waals surface area contributed by atoms with Crippen molar-refractivity contribution in [2.45, 2.75) is 30.6 Å². The first-order valence-electron chi connectivity index (χ1n) is 9.18. The zero-order chi connectivity index (χ0) is 20.8. The summed E-state index contributed by atoms with van der Waals surface area (Å²) in [6.07, 6.45) is 5.42. The molecule has 0 unspecified atom stereocenters. The molecule has 8 heteroatoms. The second-order valence-corrected chi connectivity index (χ2v) is 9.84. The van der Waals surface area contributed by atoms with Crippen molar-refractivity contribution in [3.63, 3.8) is 0 Å². The Labute approximate surface area is 176 Å². The molecule has 4 rings (SSSR count). The van der Waals surface area contributed by atoms with Gasteiger partial charge in [0.1, 0.15) is 11.6 Å². The Kier molecular flexibility index (Phi) is 5.35. The van der Waals surface area contributed by atoms with Crippen LogP contribution in [0.25, 0.3) is 11.1 Å². The van der Waals surface area contributed by atoms with Crippen molar-refractivity contribution in [2.24, 2.45) is 11.1 Å². The highest BCUT2D eigenvalue weighted by Crippen LogP contribution is 2.37. The largest absolute Gasteiger partial charge is 0.364 e. The van der Waals surface area contributed by atoms with E-state index in [1.807, 2.05) is 30.5 Å². The lowest BCUT2D eigenvalue weighted by Gasteiger charge is -2.11. The highest BCUT2D eigenvalue weighted by molar-refractivity contribution is 9.10. The topological polar surface area (TPSA) is 76.0 Å². The molecule has 0 spiro atoms. The minimum atomic E-state index is -4.48. The number of sulfonamides is 1. The predicted molar refractivity (Wildman–Crippen MR) is 111 cm³/mol. The van der Waals surface area contributed by atoms with Gasteiger partial charge in [0.05, 0.1) is 0 Å². The molecule has 0 atom stereocenters. The lowest BCUT2D eigenvalue weighted by molar-refractivity contribution is 0.517. The van der Waals surface area contributed by atoms with Gasteiger partial charge in [0.25, 0.3) is 0 Å². The van der Waals surface area contributed by atoms with Crippen LogP contribution in [0.3, 0.4) is 0 Å². The van der Waals surface area contributed by atoms with E-state index in [0.29, 0.717) is 11.5 Å². The number of aromatic amines is 1. The molecule has 1 fully saturated rings. The van der Waals surface area contributed by atoms with E-state index in [4.69, 9.17) is 5.14 Å². The Morgan fingerprint density at radius 1 is 1.14 bits per heavy atom. The molecule has 0 saturated heterocycles. The Morgan fingerprint density at radius 3 is 2.41 bits per heavy atom. The molecule has 3 N–H and O–H groups in total. The Hall–Kier alpha value is -2.03. The summed E-state index contributed by atoms with van der Waals surface area (Å²) in [4.78, 5) is 2.23. The van der Waals surface area contributed by atoms with Crippen molar-refractivity contribution in [2.75, 3.05) is 0 Å². The minimum absolute atomic E-state index is 0.270. The average molecular weight is 481 g/mol. The zero-order valence-corrected chi connectivity index (χ0v) is 17.8. The molecule has 2 aromatic carbocycles. The molecule has 1 aliphatic rings. The van der Waals surface area contributed by atoms with E-state index in [-0.39, 0.29) is 6.42 Å². The monoisotopic (exact) mass is 480 g/mol. The van der Waals surface area contributed by atoms with Crippen LogP contribution in [0.5, 0.6) is 0 Å². The second kappa shape index (κ2) is 7.66. The number of halogens is 3. The molecule has 0 aliphatic heterocycles. The number of hydrogen-bond donors (Lipinski definition) is 2. The van der Waals surface area contributed by atoms with Gasteiger partial charge in [0, 0.05) is 28.3 Å². The first kappa shape index (κ1) is 20.3. The summed E-state index contributed by atoms with van der Waals surface area (Å²) in [5.41, 5.74) is 4.28. The van der Waals surface area contributed by atoms with Gasteiger partial charge in [0.15, 0.2) is 4.90 Å². The number of hydrogen-bond acceptors (Lipinski definition) is 2. The van der Waals surface area contributed by atoms with Crippen molar-refractivity contribution in [1.29, 1.82) is 0 Å². The molecule has 0 bridgehead atoms. The number of primary sulfonamides is 1. The standard InChI is InChI=1S/C21H19BrF2N2O2S/c22-15-3-1-2-14(10-15)17-11-26-20(9-12-4-5-12)16(17)6-13-7-18(23)21(19(24)8-13)29(25,27)28/h1-3,7-8,10-12,26H,4-6,9H2,(H2,25,27,28). The zero-order valence-electron chi connectivity index (χ0n) is 15.4. The van der Waals surface area contributed by atoms with Crippen LogP contribution in [0.4, 0.5) is 8.78 Å². The van der Waals surface area contributed by atoms with Gasteiger partial charge in [-0.05, 0) is 66.1 Å². The van der Waals surface area contributed by atoms with E-state index >= 15 is 0 Å². The molecular formula is C21H19BrF2N2O2S. The van der Waals surface area contributed by atoms with E-state index in [2.05, 4.69) is 20.9 Å². The summed E-state index contributed by atoms with van der Waals surface area (Å²) in [6, 6.07) is 9.90. The van der Waals surface area contributed by atoms with Crippen molar-refractivity contribution in [3.05, 3.63) is 75.5 Å². The van der Waals surface area contributed by atoms with E-state index in [0.717, 1.165) is 45.4 Å². The summed E-state index contributed by atoms with van der Waals surface area (Å²) in [5, 5.41) is 4.93. The number of aromatic nitrogens is 1. The van der Waals surface area contributed by atoms with Gasteiger partial charge < -0.3 is 4.98 Å². The Bertz CT molecular complexity index is 1160. The van der Waals surface area contributed by atoms with Crippen LogP contribution in [-0.4, -0.2) is 13.4 Å². The highest BCUT2D eigenvalue weighted by Gasteiger charge is 2.26. The van der Waals surface area contributed by atoms with Crippen LogP contribution >= 0.6 is 15.9 Å². The maximum atomic E-state index is 14.3. The van der Waals surface area contributed by atoms with Gasteiger partial charge in [-0.15, -0.1) is 0 Å². The lowest BCUT2D eigenvalue weighted by atomic mass is 9.95. The average Bonchev–Trinajstić information content (AvgIpc) is 3.34. The Morgan fingerprint density at radius 2 is 1.83 bits per heavy atom. The van der Waals surface area contributed by atoms with Crippen LogP contribution in [-0.2, 0) is 22.9 Å². The molecule has 1 heterocycles. The normalized spacial score (nSPS) is 14.3. The molecule has 29 heavy (non-hydrogen) atoms. The van der Waals surface area contributed by atoms with Gasteiger partial charge in [-0.2, -0.15) is 0 Å².